The minimum absolute atomic E-state index is 0.0179. The molecule has 4 aromatic rings. The van der Waals surface area contributed by atoms with Gasteiger partial charge in [0.2, 0.25) is 12.7 Å². The maximum Gasteiger partial charge on any atom is 0.251 e. The zero-order chi connectivity index (χ0) is 30.5. The molecule has 0 fully saturated rings. The van der Waals surface area contributed by atoms with Crippen LogP contribution in [-0.4, -0.2) is 53.3 Å². The van der Waals surface area contributed by atoms with E-state index in [0.29, 0.717) is 33.5 Å². The lowest BCUT2D eigenvalue weighted by Crippen LogP contribution is -2.41. The van der Waals surface area contributed by atoms with Crippen molar-refractivity contribution in [1.82, 2.24) is 14.9 Å². The molecule has 2 heterocycles. The van der Waals surface area contributed by atoms with Crippen molar-refractivity contribution in [2.45, 2.75) is 31.6 Å². The van der Waals surface area contributed by atoms with Gasteiger partial charge in [-0.05, 0) is 79.6 Å². The van der Waals surface area contributed by atoms with Crippen molar-refractivity contribution in [3.8, 4) is 11.5 Å². The molecule has 1 N–H and O–H groups in total. The van der Waals surface area contributed by atoms with Gasteiger partial charge in [0, 0.05) is 43.4 Å². The number of carbonyl (C=O) groups is 2. The van der Waals surface area contributed by atoms with E-state index in [0.717, 1.165) is 17.1 Å². The quantitative estimate of drug-likeness (QED) is 0.187. The van der Waals surface area contributed by atoms with Gasteiger partial charge in [-0.3, -0.25) is 9.59 Å². The van der Waals surface area contributed by atoms with E-state index in [1.165, 1.54) is 28.8 Å². The Hall–Kier alpha value is -4.64. The summed E-state index contributed by atoms with van der Waals surface area (Å²) in [6.45, 7) is 3.86. The number of amides is 2. The lowest BCUT2D eigenvalue weighted by atomic mass is 10.0. The topological polar surface area (TPSA) is 96.9 Å². The van der Waals surface area contributed by atoms with Crippen molar-refractivity contribution < 1.29 is 23.5 Å². The molecule has 0 radical (unpaired) electrons. The zero-order valence-electron chi connectivity index (χ0n) is 24.3. The Morgan fingerprint density at radius 2 is 1.60 bits per heavy atom. The van der Waals surface area contributed by atoms with Gasteiger partial charge in [0.25, 0.3) is 5.91 Å². The molecule has 2 amide bonds. The highest BCUT2D eigenvalue weighted by Gasteiger charge is 2.33. The Balaban J connectivity index is 1.51. The third-order valence-corrected chi connectivity index (χ3v) is 7.63. The summed E-state index contributed by atoms with van der Waals surface area (Å²) in [4.78, 5) is 40.4. The number of ether oxygens (including phenoxy) is 2. The number of rotatable bonds is 10. The summed E-state index contributed by atoms with van der Waals surface area (Å²) in [5.74, 6) is -0.109. The van der Waals surface area contributed by atoms with Crippen LogP contribution in [0.2, 0.25) is 0 Å². The molecule has 1 unspecified atom stereocenters. The number of hydrogen-bond donors (Lipinski definition) is 1. The first-order valence-corrected chi connectivity index (χ1v) is 14.6. The fraction of sp³-hybridized carbons (Fsp3) is 0.250. The van der Waals surface area contributed by atoms with Gasteiger partial charge in [-0.25, -0.2) is 14.4 Å². The number of benzene rings is 3. The van der Waals surface area contributed by atoms with Crippen LogP contribution < -0.4 is 19.7 Å². The summed E-state index contributed by atoms with van der Waals surface area (Å²) in [6, 6.07) is 19.3. The average molecular weight is 602 g/mol. The van der Waals surface area contributed by atoms with Gasteiger partial charge in [-0.1, -0.05) is 30.0 Å². The third-order valence-electron chi connectivity index (χ3n) is 6.80. The fourth-order valence-corrected chi connectivity index (χ4v) is 5.52. The Labute approximate surface area is 254 Å². The van der Waals surface area contributed by atoms with Gasteiger partial charge >= 0.3 is 0 Å². The fourth-order valence-electron chi connectivity index (χ4n) is 4.69. The van der Waals surface area contributed by atoms with E-state index in [-0.39, 0.29) is 25.0 Å². The van der Waals surface area contributed by atoms with Crippen molar-refractivity contribution in [3.05, 3.63) is 101 Å². The normalized spacial score (nSPS) is 12.5. The van der Waals surface area contributed by atoms with Crippen LogP contribution in [0.5, 0.6) is 11.5 Å². The van der Waals surface area contributed by atoms with E-state index < -0.39 is 17.8 Å². The highest BCUT2D eigenvalue weighted by atomic mass is 32.2. The van der Waals surface area contributed by atoms with Crippen LogP contribution in [-0.2, 0) is 16.1 Å². The summed E-state index contributed by atoms with van der Waals surface area (Å²) >= 11 is 1.20. The lowest BCUT2D eigenvalue weighted by molar-refractivity contribution is -0.137. The van der Waals surface area contributed by atoms with Gasteiger partial charge in [0.05, 0.1) is 5.75 Å². The summed E-state index contributed by atoms with van der Waals surface area (Å²) in [5, 5.41) is 3.45. The van der Waals surface area contributed by atoms with Crippen LogP contribution >= 0.6 is 11.8 Å². The lowest BCUT2D eigenvalue weighted by Gasteiger charge is -2.31. The summed E-state index contributed by atoms with van der Waals surface area (Å²) in [5.41, 5.74) is 4.34. The van der Waals surface area contributed by atoms with Gasteiger partial charge in [0.15, 0.2) is 16.7 Å². The van der Waals surface area contributed by atoms with E-state index in [4.69, 9.17) is 9.47 Å². The van der Waals surface area contributed by atoms with Crippen molar-refractivity contribution in [2.75, 3.05) is 36.9 Å². The third kappa shape index (κ3) is 7.42. The summed E-state index contributed by atoms with van der Waals surface area (Å²) in [6.07, 6.45) is 0. The number of thioether (sulfide) groups is 1. The van der Waals surface area contributed by atoms with Crippen molar-refractivity contribution >= 4 is 35.0 Å². The molecular formula is C32H32FN5O4S. The number of nitrogens with zero attached hydrogens (tertiary/aromatic N) is 4. The predicted octanol–water partition coefficient (Wildman–Crippen LogP) is 5.53. The largest absolute Gasteiger partial charge is 0.454 e. The monoisotopic (exact) mass is 601 g/mol. The van der Waals surface area contributed by atoms with E-state index in [1.54, 1.807) is 30.3 Å². The number of aromatic nitrogens is 2. The van der Waals surface area contributed by atoms with Crippen LogP contribution in [0.4, 0.5) is 15.8 Å². The second-order valence-electron chi connectivity index (χ2n) is 10.3. The molecule has 0 spiro atoms. The molecule has 9 nitrogen and oxygen atoms in total. The maximum atomic E-state index is 14.1. The molecular weight excluding hydrogens is 569 g/mol. The molecule has 11 heteroatoms. The molecule has 0 saturated carbocycles. The molecule has 222 valence electrons. The molecule has 1 aliphatic rings. The Bertz CT molecular complexity index is 1600. The Kier molecular flexibility index (Phi) is 9.10. The molecule has 3 aromatic carbocycles. The maximum absolute atomic E-state index is 14.1. The molecule has 1 aromatic heterocycles. The number of nitrogens with one attached hydrogen (secondary N) is 1. The molecule has 0 bridgehead atoms. The number of hydrogen-bond acceptors (Lipinski definition) is 8. The molecule has 0 saturated heterocycles. The molecule has 43 heavy (non-hydrogen) atoms. The van der Waals surface area contributed by atoms with Gasteiger partial charge in [-0.2, -0.15) is 0 Å². The minimum atomic E-state index is -1.05. The van der Waals surface area contributed by atoms with Crippen LogP contribution in [0.1, 0.15) is 28.6 Å². The Morgan fingerprint density at radius 3 is 2.28 bits per heavy atom. The SMILES string of the molecule is Cc1cc(C)nc(SCC(=O)N(Cc2ccc(F)cc2)C(C(=O)Nc2ccc(N(C)C)cc2)c2ccc3c(c2)OCO3)n1. The standard InChI is InChI=1S/C32H32FN5O4S/c1-20-15-21(2)35-32(34-20)43-18-29(39)38(17-22-5-8-24(33)9-6-22)30(23-7-14-27-28(16-23)42-19-41-27)31(40)36-25-10-12-26(13-11-25)37(3)4/h5-16,30H,17-19H2,1-4H3,(H,36,40). The molecule has 0 aliphatic carbocycles. The molecule has 1 aliphatic heterocycles. The first-order chi connectivity index (χ1) is 20.7. The zero-order valence-corrected chi connectivity index (χ0v) is 25.2. The smallest absolute Gasteiger partial charge is 0.251 e. The molecule has 5 rings (SSSR count). The number of aryl methyl sites for hydroxylation is 2. The van der Waals surface area contributed by atoms with Crippen LogP contribution in [0.3, 0.4) is 0 Å². The van der Waals surface area contributed by atoms with E-state index >= 15 is 0 Å². The van der Waals surface area contributed by atoms with Gasteiger partial charge < -0.3 is 24.6 Å². The number of carbonyl (C=O) groups excluding carboxylic acids is 2. The van der Waals surface area contributed by atoms with Crippen molar-refractivity contribution in [1.29, 1.82) is 0 Å². The average Bonchev–Trinajstić information content (AvgIpc) is 3.45. The minimum Gasteiger partial charge on any atom is -0.454 e. The highest BCUT2D eigenvalue weighted by molar-refractivity contribution is 7.99. The highest BCUT2D eigenvalue weighted by Crippen LogP contribution is 2.37. The van der Waals surface area contributed by atoms with Crippen LogP contribution in [0, 0.1) is 19.7 Å². The second-order valence-corrected chi connectivity index (χ2v) is 11.3. The Morgan fingerprint density at radius 1 is 0.930 bits per heavy atom. The number of anilines is 2. The van der Waals surface area contributed by atoms with E-state index in [9.17, 15) is 14.0 Å². The van der Waals surface area contributed by atoms with Crippen LogP contribution in [0.25, 0.3) is 0 Å². The van der Waals surface area contributed by atoms with E-state index in [2.05, 4.69) is 15.3 Å². The molecule has 1 atom stereocenters. The first-order valence-electron chi connectivity index (χ1n) is 13.6. The van der Waals surface area contributed by atoms with E-state index in [1.807, 2.05) is 63.2 Å². The number of halogens is 1. The van der Waals surface area contributed by atoms with Gasteiger partial charge in [-0.15, -0.1) is 0 Å². The second kappa shape index (κ2) is 13.1. The van der Waals surface area contributed by atoms with Gasteiger partial charge in [0.1, 0.15) is 11.9 Å². The van der Waals surface area contributed by atoms with Crippen molar-refractivity contribution in [2.24, 2.45) is 0 Å². The first kappa shape index (κ1) is 29.8. The van der Waals surface area contributed by atoms with Crippen LogP contribution in [0.15, 0.2) is 78.0 Å². The summed E-state index contributed by atoms with van der Waals surface area (Å²) < 4.78 is 24.8. The predicted molar refractivity (Wildman–Crippen MR) is 164 cm³/mol. The van der Waals surface area contributed by atoms with Crippen molar-refractivity contribution in [3.63, 3.8) is 0 Å². The summed E-state index contributed by atoms with van der Waals surface area (Å²) in [7, 11) is 3.87. The number of fused-ring (bicyclic) bond motifs is 1.